The minimum Gasteiger partial charge on any atom is -0.364 e. The first-order chi connectivity index (χ1) is 9.78. The lowest BCUT2D eigenvalue weighted by atomic mass is 10.1. The van der Waals surface area contributed by atoms with E-state index in [0.717, 1.165) is 25.1 Å². The number of para-hydroxylation sites is 1. The lowest BCUT2D eigenvalue weighted by Crippen LogP contribution is -2.41. The largest absolute Gasteiger partial charge is 0.364 e. The fourth-order valence-corrected chi connectivity index (χ4v) is 2.72. The minimum atomic E-state index is -0.317. The lowest BCUT2D eigenvalue weighted by Gasteiger charge is -2.26. The fraction of sp³-hybridized carbons (Fsp3) is 0.562. The summed E-state index contributed by atoms with van der Waals surface area (Å²) in [6.45, 7) is 1.31. The van der Waals surface area contributed by atoms with Crippen molar-refractivity contribution >= 4 is 24.0 Å². The van der Waals surface area contributed by atoms with E-state index in [2.05, 4.69) is 0 Å². The summed E-state index contributed by atoms with van der Waals surface area (Å²) in [5.74, 6) is 0.755. The van der Waals surface area contributed by atoms with Gasteiger partial charge in [0.25, 0.3) is 5.91 Å². The number of hydrogen-bond donors (Lipinski definition) is 1. The van der Waals surface area contributed by atoms with Crippen LogP contribution in [0.3, 0.4) is 0 Å². The van der Waals surface area contributed by atoms with Gasteiger partial charge in [-0.25, -0.2) is 0 Å². The summed E-state index contributed by atoms with van der Waals surface area (Å²) in [7, 11) is 0. The van der Waals surface area contributed by atoms with Crippen LogP contribution in [0, 0.1) is 5.92 Å². The molecule has 1 heterocycles. The second kappa shape index (κ2) is 7.25. The van der Waals surface area contributed by atoms with E-state index in [9.17, 15) is 4.79 Å². The molecule has 2 aliphatic rings. The van der Waals surface area contributed by atoms with Crippen LogP contribution in [0.2, 0.25) is 0 Å². The molecule has 3 rings (SSSR count). The Morgan fingerprint density at radius 1 is 1.19 bits per heavy atom. The zero-order valence-electron chi connectivity index (χ0n) is 12.1. The summed E-state index contributed by atoms with van der Waals surface area (Å²) in [4.78, 5) is 14.6. The van der Waals surface area contributed by atoms with Gasteiger partial charge in [0.05, 0.1) is 6.10 Å². The number of anilines is 1. The molecular formula is C16H23ClN2O2. The van der Waals surface area contributed by atoms with Gasteiger partial charge >= 0.3 is 0 Å². The lowest BCUT2D eigenvalue weighted by molar-refractivity contribution is -0.129. The molecule has 1 aromatic carbocycles. The zero-order valence-corrected chi connectivity index (χ0v) is 12.9. The van der Waals surface area contributed by atoms with Crippen LogP contribution >= 0.6 is 12.4 Å². The van der Waals surface area contributed by atoms with Crippen molar-refractivity contribution in [3.63, 3.8) is 0 Å². The molecule has 4 nitrogen and oxygen atoms in total. The summed E-state index contributed by atoms with van der Waals surface area (Å²) in [6, 6.07) is 9.91. The van der Waals surface area contributed by atoms with Gasteiger partial charge in [0, 0.05) is 18.8 Å². The maximum absolute atomic E-state index is 12.7. The number of halogens is 1. The summed E-state index contributed by atoms with van der Waals surface area (Å²) in [6.07, 6.45) is 3.86. The van der Waals surface area contributed by atoms with Crippen LogP contribution < -0.4 is 10.6 Å². The molecule has 0 radical (unpaired) electrons. The maximum atomic E-state index is 12.7. The first-order valence-electron chi connectivity index (χ1n) is 7.50. The van der Waals surface area contributed by atoms with Gasteiger partial charge in [-0.05, 0) is 43.7 Å². The average Bonchev–Trinajstić information content (AvgIpc) is 3.19. The molecule has 1 aromatic rings. The van der Waals surface area contributed by atoms with Crippen LogP contribution in [-0.4, -0.2) is 31.2 Å². The third kappa shape index (κ3) is 3.96. The van der Waals surface area contributed by atoms with Crippen LogP contribution in [0.25, 0.3) is 0 Å². The number of nitrogens with zero attached hydrogens (tertiary/aromatic N) is 1. The number of carbonyl (C=O) groups is 1. The summed E-state index contributed by atoms with van der Waals surface area (Å²) in [5.41, 5.74) is 6.60. The Morgan fingerprint density at radius 2 is 1.90 bits per heavy atom. The van der Waals surface area contributed by atoms with E-state index in [1.165, 1.54) is 12.8 Å². The van der Waals surface area contributed by atoms with Crippen LogP contribution in [0.15, 0.2) is 30.3 Å². The fourth-order valence-electron chi connectivity index (χ4n) is 2.72. The number of carbonyl (C=O) groups excluding carboxylic acids is 1. The van der Waals surface area contributed by atoms with E-state index in [0.29, 0.717) is 12.5 Å². The highest BCUT2D eigenvalue weighted by atomic mass is 35.5. The van der Waals surface area contributed by atoms with Gasteiger partial charge in [0.15, 0.2) is 0 Å². The molecular weight excluding hydrogens is 288 g/mol. The van der Waals surface area contributed by atoms with Gasteiger partial charge in [-0.1, -0.05) is 18.2 Å². The molecule has 1 saturated heterocycles. The molecule has 1 aliphatic carbocycles. The van der Waals surface area contributed by atoms with Gasteiger partial charge in [-0.3, -0.25) is 4.79 Å². The molecule has 0 aromatic heterocycles. The summed E-state index contributed by atoms with van der Waals surface area (Å²) in [5, 5.41) is 0. The average molecular weight is 311 g/mol. The van der Waals surface area contributed by atoms with E-state index in [1.807, 2.05) is 35.2 Å². The molecule has 5 heteroatoms. The second-order valence-corrected chi connectivity index (χ2v) is 5.79. The first-order valence-corrected chi connectivity index (χ1v) is 7.50. The van der Waals surface area contributed by atoms with Gasteiger partial charge in [0.2, 0.25) is 0 Å². The number of rotatable bonds is 5. The molecule has 0 bridgehead atoms. The van der Waals surface area contributed by atoms with Gasteiger partial charge < -0.3 is 15.4 Å². The van der Waals surface area contributed by atoms with Gasteiger partial charge in [-0.15, -0.1) is 12.4 Å². The molecule has 0 unspecified atom stereocenters. The Morgan fingerprint density at radius 3 is 2.48 bits per heavy atom. The van der Waals surface area contributed by atoms with Crippen LogP contribution in [0.4, 0.5) is 5.69 Å². The predicted molar refractivity (Wildman–Crippen MR) is 85.7 cm³/mol. The van der Waals surface area contributed by atoms with Crippen molar-refractivity contribution in [1.82, 2.24) is 0 Å². The van der Waals surface area contributed by atoms with Gasteiger partial charge in [0.1, 0.15) is 6.10 Å². The highest BCUT2D eigenvalue weighted by Gasteiger charge is 2.35. The Hall–Kier alpha value is -1.10. The highest BCUT2D eigenvalue weighted by Crippen LogP contribution is 2.32. The van der Waals surface area contributed by atoms with Crippen molar-refractivity contribution in [2.24, 2.45) is 11.7 Å². The van der Waals surface area contributed by atoms with E-state index in [4.69, 9.17) is 10.5 Å². The molecule has 116 valence electrons. The molecule has 2 fully saturated rings. The summed E-state index contributed by atoms with van der Waals surface area (Å²) >= 11 is 0. The number of benzene rings is 1. The highest BCUT2D eigenvalue weighted by molar-refractivity contribution is 5.96. The number of amides is 1. The Bertz CT molecular complexity index is 465. The topological polar surface area (TPSA) is 55.6 Å². The van der Waals surface area contributed by atoms with E-state index in [1.54, 1.807) is 0 Å². The smallest absolute Gasteiger partial charge is 0.256 e. The van der Waals surface area contributed by atoms with Crippen molar-refractivity contribution in [1.29, 1.82) is 0 Å². The minimum absolute atomic E-state index is 0. The van der Waals surface area contributed by atoms with E-state index < -0.39 is 0 Å². The normalized spacial score (nSPS) is 24.4. The Balaban J connectivity index is 0.00000161. The maximum Gasteiger partial charge on any atom is 0.256 e. The predicted octanol–water partition coefficient (Wildman–Crippen LogP) is 2.36. The molecule has 1 saturated carbocycles. The molecule has 21 heavy (non-hydrogen) atoms. The third-order valence-electron chi connectivity index (χ3n) is 4.12. The van der Waals surface area contributed by atoms with Gasteiger partial charge in [-0.2, -0.15) is 0 Å². The third-order valence-corrected chi connectivity index (χ3v) is 4.12. The molecule has 1 aliphatic heterocycles. The molecule has 1 amide bonds. The van der Waals surface area contributed by atoms with E-state index >= 15 is 0 Å². The molecule has 0 spiro atoms. The van der Waals surface area contributed by atoms with Crippen LogP contribution in [-0.2, 0) is 9.53 Å². The van der Waals surface area contributed by atoms with E-state index in [-0.39, 0.29) is 30.5 Å². The standard InChI is InChI=1S/C16H22N2O2.ClH/c17-10-14-8-9-15(20-14)16(19)18(11-12-6-7-12)13-4-2-1-3-5-13;/h1-5,12,14-15H,6-11,17H2;1H/t14-,15+;/m1./s1. The monoisotopic (exact) mass is 310 g/mol. The van der Waals surface area contributed by atoms with Crippen molar-refractivity contribution in [3.05, 3.63) is 30.3 Å². The number of ether oxygens (including phenoxy) is 1. The van der Waals surface area contributed by atoms with Crippen molar-refractivity contribution < 1.29 is 9.53 Å². The Kier molecular flexibility index (Phi) is 5.62. The quantitative estimate of drug-likeness (QED) is 0.908. The van der Waals surface area contributed by atoms with Crippen LogP contribution in [0.1, 0.15) is 25.7 Å². The zero-order chi connectivity index (χ0) is 13.9. The van der Waals surface area contributed by atoms with Crippen molar-refractivity contribution in [3.8, 4) is 0 Å². The summed E-state index contributed by atoms with van der Waals surface area (Å²) < 4.78 is 5.76. The SMILES string of the molecule is Cl.NC[C@H]1CC[C@@H](C(=O)N(CC2CC2)c2ccccc2)O1. The van der Waals surface area contributed by atoms with Crippen LogP contribution in [0.5, 0.6) is 0 Å². The number of nitrogens with two attached hydrogens (primary N) is 1. The molecule has 2 atom stereocenters. The second-order valence-electron chi connectivity index (χ2n) is 5.79. The number of hydrogen-bond acceptors (Lipinski definition) is 3. The Labute approximate surface area is 132 Å². The first kappa shape index (κ1) is 16.3. The molecule has 2 N–H and O–H groups in total. The van der Waals surface area contributed by atoms with Crippen molar-refractivity contribution in [2.45, 2.75) is 37.9 Å². The van der Waals surface area contributed by atoms with Crippen molar-refractivity contribution in [2.75, 3.05) is 18.0 Å².